The first kappa shape index (κ1) is 24.5. The number of benzene rings is 1. The molecule has 2 heterocycles. The molecule has 0 bridgehead atoms. The summed E-state index contributed by atoms with van der Waals surface area (Å²) in [4.78, 5) is 31.3. The number of alkyl halides is 4. The number of anilines is 1. The molecule has 1 fully saturated rings. The number of rotatable bonds is 7. The third-order valence-corrected chi connectivity index (χ3v) is 5.29. The van der Waals surface area contributed by atoms with Gasteiger partial charge < -0.3 is 15.0 Å². The average Bonchev–Trinajstić information content (AvgIpc) is 2.77. The van der Waals surface area contributed by atoms with E-state index >= 15 is 0 Å². The van der Waals surface area contributed by atoms with E-state index in [1.807, 2.05) is 0 Å². The average molecular weight is 467 g/mol. The van der Waals surface area contributed by atoms with Gasteiger partial charge in [-0.25, -0.2) is 13.8 Å². The van der Waals surface area contributed by atoms with Crippen LogP contribution in [0.3, 0.4) is 0 Å². The Hall–Kier alpha value is -3.17. The van der Waals surface area contributed by atoms with Gasteiger partial charge in [-0.3, -0.25) is 9.59 Å². The molecule has 10 heteroatoms. The Labute approximate surface area is 188 Å². The van der Waals surface area contributed by atoms with E-state index in [4.69, 9.17) is 0 Å². The summed E-state index contributed by atoms with van der Waals surface area (Å²) in [5, 5.41) is 2.67. The number of piperidine rings is 1. The first-order valence-electron chi connectivity index (χ1n) is 10.5. The van der Waals surface area contributed by atoms with Crippen LogP contribution in [0.15, 0.2) is 42.6 Å². The van der Waals surface area contributed by atoms with E-state index in [2.05, 4.69) is 28.9 Å². The minimum atomic E-state index is -4.31. The van der Waals surface area contributed by atoms with Gasteiger partial charge in [0.1, 0.15) is 0 Å². The molecule has 1 aromatic carbocycles. The molecule has 33 heavy (non-hydrogen) atoms. The van der Waals surface area contributed by atoms with Crippen LogP contribution in [0.4, 0.5) is 23.2 Å². The lowest BCUT2D eigenvalue weighted by molar-refractivity contribution is -0.148. The first-order valence-corrected chi connectivity index (χ1v) is 10.5. The molecule has 0 spiro atoms. The van der Waals surface area contributed by atoms with Gasteiger partial charge in [-0.05, 0) is 36.5 Å². The molecule has 3 rings (SSSR count). The van der Waals surface area contributed by atoms with Gasteiger partial charge in [-0.1, -0.05) is 26.0 Å². The van der Waals surface area contributed by atoms with Gasteiger partial charge in [0.25, 0.3) is 11.8 Å². The van der Waals surface area contributed by atoms with Crippen molar-refractivity contribution in [3.63, 3.8) is 0 Å². The highest BCUT2D eigenvalue weighted by molar-refractivity contribution is 6.08. The zero-order valence-electron chi connectivity index (χ0n) is 18.2. The quantitative estimate of drug-likeness (QED) is 0.598. The number of hydrogen-bond donors (Lipinski definition) is 1. The maximum absolute atomic E-state index is 13.1. The van der Waals surface area contributed by atoms with Crippen molar-refractivity contribution < 1.29 is 31.9 Å². The Morgan fingerprint density at radius 2 is 1.82 bits per heavy atom. The van der Waals surface area contributed by atoms with Crippen LogP contribution < -0.4 is 10.1 Å². The number of ether oxygens (including phenoxy) is 1. The van der Waals surface area contributed by atoms with Gasteiger partial charge in [0.15, 0.2) is 6.61 Å². The molecule has 0 aliphatic carbocycles. The van der Waals surface area contributed by atoms with Gasteiger partial charge in [0.2, 0.25) is 5.88 Å². The largest absolute Gasteiger partial charge is 0.471 e. The van der Waals surface area contributed by atoms with Gasteiger partial charge in [-0.15, -0.1) is 0 Å². The van der Waals surface area contributed by atoms with Crippen molar-refractivity contribution in [3.8, 4) is 5.88 Å². The first-order chi connectivity index (χ1) is 15.6. The van der Waals surface area contributed by atoms with Crippen molar-refractivity contribution in [2.24, 2.45) is 11.8 Å². The monoisotopic (exact) mass is 467 g/mol. The van der Waals surface area contributed by atoms with Crippen LogP contribution in [0.2, 0.25) is 0 Å². The summed E-state index contributed by atoms with van der Waals surface area (Å²) in [6.07, 6.45) is -1.74. The third kappa shape index (κ3) is 6.21. The van der Waals surface area contributed by atoms with Gasteiger partial charge in [0.05, 0.1) is 16.8 Å². The van der Waals surface area contributed by atoms with Crippen molar-refractivity contribution in [1.82, 2.24) is 9.88 Å². The SMILES string of the molecule is CC1CC(C)CN(C(=O)c2ccccc2NC(=O)c2ccc(OCC(F)(F)C(F)F)nc2)C1. The number of nitrogens with one attached hydrogen (secondary N) is 1. The summed E-state index contributed by atoms with van der Waals surface area (Å²) in [6.45, 7) is 3.94. The van der Waals surface area contributed by atoms with Crippen molar-refractivity contribution in [2.75, 3.05) is 25.0 Å². The van der Waals surface area contributed by atoms with Crippen LogP contribution >= 0.6 is 0 Å². The molecule has 2 amide bonds. The fourth-order valence-electron chi connectivity index (χ4n) is 3.81. The van der Waals surface area contributed by atoms with Crippen LogP contribution in [0.5, 0.6) is 5.88 Å². The number of pyridine rings is 1. The van der Waals surface area contributed by atoms with E-state index in [1.54, 1.807) is 29.2 Å². The number of aromatic nitrogens is 1. The fourth-order valence-corrected chi connectivity index (χ4v) is 3.81. The zero-order chi connectivity index (χ0) is 24.2. The second-order valence-corrected chi connectivity index (χ2v) is 8.39. The summed E-state index contributed by atoms with van der Waals surface area (Å²) in [7, 11) is 0. The molecular weight excluding hydrogens is 442 g/mol. The van der Waals surface area contributed by atoms with Crippen molar-refractivity contribution in [2.45, 2.75) is 32.6 Å². The van der Waals surface area contributed by atoms with E-state index in [-0.39, 0.29) is 17.4 Å². The van der Waals surface area contributed by atoms with Crippen LogP contribution in [0, 0.1) is 11.8 Å². The summed E-state index contributed by atoms with van der Waals surface area (Å²) in [5.41, 5.74) is 0.759. The Morgan fingerprint density at radius 3 is 2.42 bits per heavy atom. The number of amides is 2. The molecule has 2 atom stereocenters. The van der Waals surface area contributed by atoms with E-state index in [0.717, 1.165) is 18.7 Å². The van der Waals surface area contributed by atoms with Crippen molar-refractivity contribution in [3.05, 3.63) is 53.7 Å². The number of hydrogen-bond acceptors (Lipinski definition) is 4. The molecule has 1 aliphatic rings. The number of halogens is 4. The topological polar surface area (TPSA) is 71.5 Å². The summed E-state index contributed by atoms with van der Waals surface area (Å²) in [5.74, 6) is -4.62. The van der Waals surface area contributed by atoms with Gasteiger partial charge >= 0.3 is 12.3 Å². The Kier molecular flexibility index (Phi) is 7.55. The molecule has 6 nitrogen and oxygen atoms in total. The lowest BCUT2D eigenvalue weighted by Crippen LogP contribution is -2.42. The third-order valence-electron chi connectivity index (χ3n) is 5.29. The fraction of sp³-hybridized carbons (Fsp3) is 0.435. The second kappa shape index (κ2) is 10.2. The predicted octanol–water partition coefficient (Wildman–Crippen LogP) is 4.73. The molecular formula is C23H25F4N3O3. The van der Waals surface area contributed by atoms with Crippen molar-refractivity contribution in [1.29, 1.82) is 0 Å². The highest BCUT2D eigenvalue weighted by Gasteiger charge is 2.41. The highest BCUT2D eigenvalue weighted by Crippen LogP contribution is 2.26. The lowest BCUT2D eigenvalue weighted by atomic mass is 9.91. The normalized spacial score (nSPS) is 18.8. The molecule has 2 aromatic rings. The van der Waals surface area contributed by atoms with Gasteiger partial charge in [0, 0.05) is 25.4 Å². The number of carbonyl (C=O) groups excluding carboxylic acids is 2. The van der Waals surface area contributed by atoms with Crippen molar-refractivity contribution >= 4 is 17.5 Å². The Bertz CT molecular complexity index is 975. The zero-order valence-corrected chi connectivity index (χ0v) is 18.2. The maximum atomic E-state index is 13.1. The minimum Gasteiger partial charge on any atom is -0.471 e. The Balaban J connectivity index is 1.68. The molecule has 1 aromatic heterocycles. The summed E-state index contributed by atoms with van der Waals surface area (Å²) < 4.78 is 54.9. The van der Waals surface area contributed by atoms with Crippen LogP contribution in [-0.2, 0) is 0 Å². The van der Waals surface area contributed by atoms with E-state index in [1.165, 1.54) is 6.07 Å². The lowest BCUT2D eigenvalue weighted by Gasteiger charge is -2.35. The molecule has 1 aliphatic heterocycles. The second-order valence-electron chi connectivity index (χ2n) is 8.39. The number of nitrogens with zero attached hydrogens (tertiary/aromatic N) is 2. The summed E-state index contributed by atoms with van der Waals surface area (Å²) in [6, 6.07) is 9.04. The van der Waals surface area contributed by atoms with Gasteiger partial charge in [-0.2, -0.15) is 8.78 Å². The minimum absolute atomic E-state index is 0.0745. The molecule has 0 saturated carbocycles. The van der Waals surface area contributed by atoms with Crippen LogP contribution in [0.25, 0.3) is 0 Å². The predicted molar refractivity (Wildman–Crippen MR) is 114 cm³/mol. The number of carbonyl (C=O) groups is 2. The Morgan fingerprint density at radius 1 is 1.15 bits per heavy atom. The highest BCUT2D eigenvalue weighted by atomic mass is 19.3. The smallest absolute Gasteiger partial charge is 0.340 e. The maximum Gasteiger partial charge on any atom is 0.340 e. The van der Waals surface area contributed by atoms with E-state index in [9.17, 15) is 27.2 Å². The number of likely N-dealkylation sites (tertiary alicyclic amines) is 1. The van der Waals surface area contributed by atoms with Crippen LogP contribution in [0.1, 0.15) is 41.0 Å². The van der Waals surface area contributed by atoms with E-state index < -0.39 is 24.9 Å². The molecule has 2 unspecified atom stereocenters. The summed E-state index contributed by atoms with van der Waals surface area (Å²) >= 11 is 0. The number of para-hydroxylation sites is 1. The molecule has 178 valence electrons. The van der Waals surface area contributed by atoms with Crippen LogP contribution in [-0.4, -0.2) is 53.7 Å². The molecule has 1 saturated heterocycles. The molecule has 0 radical (unpaired) electrons. The molecule has 1 N–H and O–H groups in total. The standard InChI is InChI=1S/C23H25F4N3O3/c1-14-9-15(2)12-30(11-14)21(32)17-5-3-4-6-18(17)29-20(31)16-7-8-19(28-10-16)33-13-23(26,27)22(24)25/h3-8,10,14-15,22H,9,11-13H2,1-2H3,(H,29,31). The van der Waals surface area contributed by atoms with E-state index in [0.29, 0.717) is 36.2 Å².